The Labute approximate surface area is 431 Å². The number of nitrogens with one attached hydrogen (secondary N) is 4. The summed E-state index contributed by atoms with van der Waals surface area (Å²) in [6.45, 7) is 22.3. The van der Waals surface area contributed by atoms with Crippen molar-refractivity contribution in [2.24, 2.45) is 27.9 Å². The number of hydrogen-bond donors (Lipinski definition) is 9. The van der Waals surface area contributed by atoms with Gasteiger partial charge in [-0.3, -0.25) is 20.0 Å². The number of guanidine groups is 1. The Morgan fingerprint density at radius 1 is 0.589 bits per heavy atom. The van der Waals surface area contributed by atoms with Crippen molar-refractivity contribution < 1.29 is 62.3 Å². The van der Waals surface area contributed by atoms with Crippen molar-refractivity contribution in [2.45, 2.75) is 181 Å². The lowest BCUT2D eigenvalue weighted by Crippen LogP contribution is -2.53. The fraction of sp³-hybridized carbons (Fsp3) is 0.608. The number of unbranched alkanes of at least 4 members (excludes halogenated alkanes) is 1. The van der Waals surface area contributed by atoms with Gasteiger partial charge in [-0.2, -0.15) is 0 Å². The number of carbonyl (C=O) groups excluding carboxylic acids is 5. The van der Waals surface area contributed by atoms with E-state index in [1.165, 1.54) is 14.2 Å². The standard InChI is InChI=1S/C25H41N5O6.C18H27NO5.C8H17N3O2/c1-24(2,3)35-17-12-10-16(11-13-17)15-19(30-23(33)36-25(4,5)6)20(31)29-18(21(32)34-7)9-8-14-28-22(26)27;1-17(2,3)23-13-9-7-12(8-10-13)11-14(15(20)21)19-16(22)24-18(4,5)6;1-13-8(12)6(9)4-2-3-5-7(10)11/h10-13,18-19H,8-9,14-15H2,1-7H3,(H,29,31)(H,30,33)(H4,26,27,28);7-10,14H,11H2,1-6H3,(H,19,22)(H,20,21);6H,2-5,9H2,1H3,(H3,10,11). The minimum atomic E-state index is -1.11. The van der Waals surface area contributed by atoms with Crippen LogP contribution >= 0.6 is 0 Å². The number of aliphatic carboxylic acids is 1. The zero-order valence-corrected chi connectivity index (χ0v) is 45.4. The molecule has 0 aliphatic heterocycles. The molecule has 13 N–H and O–H groups in total. The first kappa shape index (κ1) is 66.2. The number of amides is 3. The van der Waals surface area contributed by atoms with Crippen molar-refractivity contribution in [3.63, 3.8) is 0 Å². The van der Waals surface area contributed by atoms with E-state index >= 15 is 0 Å². The Bertz CT molecular complexity index is 2070. The van der Waals surface area contributed by atoms with Gasteiger partial charge < -0.3 is 72.4 Å². The molecule has 0 heterocycles. The highest BCUT2D eigenvalue weighted by molar-refractivity contribution is 5.90. The molecule has 4 atom stereocenters. The van der Waals surface area contributed by atoms with Crippen LogP contribution in [0.2, 0.25) is 0 Å². The summed E-state index contributed by atoms with van der Waals surface area (Å²) in [5, 5.41) is 23.9. The summed E-state index contributed by atoms with van der Waals surface area (Å²) in [5.41, 5.74) is 20.7. The van der Waals surface area contributed by atoms with Crippen LogP contribution in [0.1, 0.15) is 133 Å². The van der Waals surface area contributed by atoms with Gasteiger partial charge in [0.15, 0.2) is 5.96 Å². The fourth-order valence-electron chi connectivity index (χ4n) is 5.99. The number of carbonyl (C=O) groups is 6. The van der Waals surface area contributed by atoms with Crippen LogP contribution in [-0.2, 0) is 51.0 Å². The number of rotatable bonds is 22. The van der Waals surface area contributed by atoms with Gasteiger partial charge in [0, 0.05) is 25.8 Å². The third kappa shape index (κ3) is 34.2. The molecular formula is C51H85N9O13. The number of benzene rings is 2. The lowest BCUT2D eigenvalue weighted by atomic mass is 10.0. The van der Waals surface area contributed by atoms with Crippen LogP contribution in [0.3, 0.4) is 0 Å². The molecule has 412 valence electrons. The van der Waals surface area contributed by atoms with E-state index in [9.17, 15) is 33.9 Å². The molecule has 0 fully saturated rings. The number of aliphatic imine (C=N–C) groups is 1. The van der Waals surface area contributed by atoms with Crippen molar-refractivity contribution in [1.29, 1.82) is 5.41 Å². The second kappa shape index (κ2) is 31.6. The molecule has 73 heavy (non-hydrogen) atoms. The number of amidine groups is 1. The molecule has 3 amide bonds. The van der Waals surface area contributed by atoms with Crippen LogP contribution in [0.25, 0.3) is 0 Å². The molecule has 0 aromatic heterocycles. The SMILES string of the molecule is CC(C)(C)OC(=O)NC(Cc1ccc(OC(C)(C)C)cc1)C(=O)O.COC(=O)C(CCCN=C(N)N)NC(=O)C(Cc1ccc(OC(C)(C)C)cc1)NC(=O)OC(C)(C)C.COC(=O)C(N)CCCCC(=N)N. The molecule has 2 aromatic carbocycles. The normalized spacial score (nSPS) is 12.9. The Balaban J connectivity index is 0.00000120. The van der Waals surface area contributed by atoms with E-state index in [1.54, 1.807) is 77.9 Å². The van der Waals surface area contributed by atoms with Gasteiger partial charge >= 0.3 is 30.1 Å². The summed E-state index contributed by atoms with van der Waals surface area (Å²) in [4.78, 5) is 75.8. The van der Waals surface area contributed by atoms with Gasteiger partial charge in [-0.25, -0.2) is 19.2 Å². The Morgan fingerprint density at radius 3 is 1.38 bits per heavy atom. The highest BCUT2D eigenvalue weighted by atomic mass is 16.6. The molecule has 4 unspecified atom stereocenters. The van der Waals surface area contributed by atoms with Crippen molar-refractivity contribution in [2.75, 3.05) is 20.8 Å². The van der Waals surface area contributed by atoms with Gasteiger partial charge in [-0.1, -0.05) is 30.7 Å². The maximum Gasteiger partial charge on any atom is 0.408 e. The molecule has 22 heteroatoms. The molecule has 0 bridgehead atoms. The van der Waals surface area contributed by atoms with E-state index in [1.807, 2.05) is 53.7 Å². The minimum absolute atomic E-state index is 0.0609. The smallest absolute Gasteiger partial charge is 0.408 e. The predicted molar refractivity (Wildman–Crippen MR) is 279 cm³/mol. The number of nitrogens with two attached hydrogens (primary N) is 4. The monoisotopic (exact) mass is 1030 g/mol. The highest BCUT2D eigenvalue weighted by Crippen LogP contribution is 2.21. The van der Waals surface area contributed by atoms with Crippen LogP contribution in [0.4, 0.5) is 9.59 Å². The topological polar surface area (TPSA) is 354 Å². The molecule has 2 aromatic rings. The zero-order valence-electron chi connectivity index (χ0n) is 45.4. The maximum atomic E-state index is 13.2. The lowest BCUT2D eigenvalue weighted by molar-refractivity contribution is -0.145. The van der Waals surface area contributed by atoms with Gasteiger partial charge in [0.05, 0.1) is 20.1 Å². The van der Waals surface area contributed by atoms with E-state index in [0.29, 0.717) is 30.8 Å². The predicted octanol–water partition coefficient (Wildman–Crippen LogP) is 5.38. The molecule has 0 aliphatic rings. The van der Waals surface area contributed by atoms with Crippen LogP contribution in [-0.4, -0.2) is 120 Å². The average molecular weight is 1030 g/mol. The van der Waals surface area contributed by atoms with Crippen molar-refractivity contribution in [3.8, 4) is 11.5 Å². The summed E-state index contributed by atoms with van der Waals surface area (Å²) in [7, 11) is 2.55. The van der Waals surface area contributed by atoms with Gasteiger partial charge in [-0.05, 0) is 144 Å². The molecular weight excluding hydrogens is 947 g/mol. The number of carboxylic acid groups (broad SMARTS) is 1. The minimum Gasteiger partial charge on any atom is -0.488 e. The van der Waals surface area contributed by atoms with Crippen LogP contribution < -0.4 is 48.4 Å². The molecule has 22 nitrogen and oxygen atoms in total. The highest BCUT2D eigenvalue weighted by Gasteiger charge is 2.30. The van der Waals surface area contributed by atoms with E-state index in [4.69, 9.17) is 52.0 Å². The number of alkyl carbamates (subject to hydrolysis) is 2. The molecule has 0 spiro atoms. The Morgan fingerprint density at radius 2 is 1.01 bits per heavy atom. The summed E-state index contributed by atoms with van der Waals surface area (Å²) >= 11 is 0. The maximum absolute atomic E-state index is 13.2. The quantitative estimate of drug-likeness (QED) is 0.0235. The first-order valence-electron chi connectivity index (χ1n) is 23.9. The van der Waals surface area contributed by atoms with E-state index in [2.05, 4.69) is 25.7 Å². The Kier molecular flexibility index (Phi) is 28.6. The van der Waals surface area contributed by atoms with E-state index in [-0.39, 0.29) is 54.8 Å². The van der Waals surface area contributed by atoms with Crippen molar-refractivity contribution >= 4 is 47.8 Å². The first-order valence-corrected chi connectivity index (χ1v) is 23.9. The van der Waals surface area contributed by atoms with Gasteiger partial charge in [0.25, 0.3) is 0 Å². The molecule has 0 aliphatic carbocycles. The summed E-state index contributed by atoms with van der Waals surface area (Å²) in [6, 6.07) is 10.8. The molecule has 0 saturated heterocycles. The van der Waals surface area contributed by atoms with Crippen LogP contribution in [0.15, 0.2) is 53.5 Å². The second-order valence-corrected chi connectivity index (χ2v) is 20.8. The molecule has 2 rings (SSSR count). The van der Waals surface area contributed by atoms with Gasteiger partial charge in [0.2, 0.25) is 5.91 Å². The largest absolute Gasteiger partial charge is 0.488 e. The third-order valence-electron chi connectivity index (χ3n) is 9.03. The molecule has 0 radical (unpaired) electrons. The van der Waals surface area contributed by atoms with Crippen molar-refractivity contribution in [1.82, 2.24) is 16.0 Å². The van der Waals surface area contributed by atoms with E-state index < -0.39 is 65.4 Å². The number of carboxylic acids is 1. The van der Waals surface area contributed by atoms with Gasteiger partial charge in [-0.15, -0.1) is 0 Å². The zero-order chi connectivity index (χ0) is 56.3. The number of esters is 2. The van der Waals surface area contributed by atoms with Gasteiger partial charge in [0.1, 0.15) is 58.1 Å². The summed E-state index contributed by atoms with van der Waals surface area (Å²) in [6.07, 6.45) is 2.21. The first-order chi connectivity index (χ1) is 33.5. The number of hydrogen-bond acceptors (Lipinski definition) is 15. The summed E-state index contributed by atoms with van der Waals surface area (Å²) < 4.78 is 31.3. The lowest BCUT2D eigenvalue weighted by Gasteiger charge is -2.25. The number of nitrogens with zero attached hydrogens (tertiary/aromatic N) is 1. The Hall–Kier alpha value is -6.84. The third-order valence-corrected chi connectivity index (χ3v) is 9.03. The average Bonchev–Trinajstić information content (AvgIpc) is 3.24. The molecule has 0 saturated carbocycles. The fourth-order valence-corrected chi connectivity index (χ4v) is 5.99. The number of methoxy groups -OCH3 is 2. The summed E-state index contributed by atoms with van der Waals surface area (Å²) in [5.74, 6) is -1.18. The van der Waals surface area contributed by atoms with Crippen molar-refractivity contribution in [3.05, 3.63) is 59.7 Å². The van der Waals surface area contributed by atoms with E-state index in [0.717, 1.165) is 24.0 Å². The van der Waals surface area contributed by atoms with Crippen LogP contribution in [0, 0.1) is 5.41 Å². The second-order valence-electron chi connectivity index (χ2n) is 20.8. The number of ether oxygens (including phenoxy) is 6. The van der Waals surface area contributed by atoms with Crippen LogP contribution in [0.5, 0.6) is 11.5 Å².